The van der Waals surface area contributed by atoms with Gasteiger partial charge in [0.05, 0.1) is 0 Å². The second-order valence-electron chi connectivity index (χ2n) is 3.20. The minimum absolute atomic E-state index is 0.327. The SMILES string of the molecule is NCCCNc1nc2ccc(F)cc2o1. The third kappa shape index (κ3) is 2.24. The molecule has 0 unspecified atom stereocenters. The summed E-state index contributed by atoms with van der Waals surface area (Å²) in [7, 11) is 0. The minimum atomic E-state index is -0.327. The molecule has 0 aliphatic rings. The van der Waals surface area contributed by atoms with Crippen molar-refractivity contribution in [3.63, 3.8) is 0 Å². The third-order valence-electron chi connectivity index (χ3n) is 2.01. The lowest BCUT2D eigenvalue weighted by Gasteiger charge is -1.97. The molecule has 15 heavy (non-hydrogen) atoms. The Hall–Kier alpha value is -1.62. The van der Waals surface area contributed by atoms with E-state index in [9.17, 15) is 4.39 Å². The number of rotatable bonds is 4. The number of nitrogens with two attached hydrogens (primary N) is 1. The molecule has 0 saturated heterocycles. The number of aromatic nitrogens is 1. The standard InChI is InChI=1S/C10H12FN3O/c11-7-2-3-8-9(6-7)15-10(14-8)13-5-1-4-12/h2-3,6H,1,4-5,12H2,(H,13,14). The van der Waals surface area contributed by atoms with Crippen LogP contribution in [-0.2, 0) is 0 Å². The zero-order valence-corrected chi connectivity index (χ0v) is 8.16. The number of nitrogens with zero attached hydrogens (tertiary/aromatic N) is 1. The monoisotopic (exact) mass is 209 g/mol. The van der Waals surface area contributed by atoms with Gasteiger partial charge in [-0.2, -0.15) is 4.98 Å². The second kappa shape index (κ2) is 4.27. The normalized spacial score (nSPS) is 10.8. The lowest BCUT2D eigenvalue weighted by atomic mass is 10.3. The Morgan fingerprint density at radius 2 is 2.33 bits per heavy atom. The lowest BCUT2D eigenvalue weighted by molar-refractivity contribution is 0.598. The van der Waals surface area contributed by atoms with E-state index in [4.69, 9.17) is 10.2 Å². The number of hydrogen-bond donors (Lipinski definition) is 2. The van der Waals surface area contributed by atoms with E-state index in [-0.39, 0.29) is 5.82 Å². The third-order valence-corrected chi connectivity index (χ3v) is 2.01. The molecule has 4 nitrogen and oxygen atoms in total. The first-order chi connectivity index (χ1) is 7.29. The van der Waals surface area contributed by atoms with Crippen LogP contribution in [0, 0.1) is 5.82 Å². The van der Waals surface area contributed by atoms with Crippen LogP contribution in [0.15, 0.2) is 22.6 Å². The van der Waals surface area contributed by atoms with Gasteiger partial charge in [0.1, 0.15) is 11.3 Å². The number of hydrogen-bond acceptors (Lipinski definition) is 4. The Morgan fingerprint density at radius 1 is 1.47 bits per heavy atom. The number of halogens is 1. The Labute approximate surface area is 86.3 Å². The van der Waals surface area contributed by atoms with Crippen molar-refractivity contribution in [2.75, 3.05) is 18.4 Å². The molecule has 0 aliphatic heterocycles. The highest BCUT2D eigenvalue weighted by Gasteiger charge is 2.05. The number of oxazole rings is 1. The molecule has 5 heteroatoms. The summed E-state index contributed by atoms with van der Waals surface area (Å²) in [5, 5.41) is 2.97. The van der Waals surface area contributed by atoms with E-state index >= 15 is 0 Å². The predicted octanol–water partition coefficient (Wildman–Crippen LogP) is 1.73. The summed E-state index contributed by atoms with van der Waals surface area (Å²) in [5.41, 5.74) is 6.44. The first-order valence-electron chi connectivity index (χ1n) is 4.79. The zero-order chi connectivity index (χ0) is 10.7. The maximum Gasteiger partial charge on any atom is 0.295 e. The van der Waals surface area contributed by atoms with Crippen LogP contribution in [0.5, 0.6) is 0 Å². The van der Waals surface area contributed by atoms with Crippen molar-refractivity contribution in [3.05, 3.63) is 24.0 Å². The van der Waals surface area contributed by atoms with Gasteiger partial charge >= 0.3 is 0 Å². The quantitative estimate of drug-likeness (QED) is 0.752. The van der Waals surface area contributed by atoms with Crippen molar-refractivity contribution in [1.82, 2.24) is 4.98 Å². The van der Waals surface area contributed by atoms with Gasteiger partial charge in [0.15, 0.2) is 5.58 Å². The molecule has 1 heterocycles. The van der Waals surface area contributed by atoms with E-state index in [0.29, 0.717) is 30.2 Å². The smallest absolute Gasteiger partial charge is 0.295 e. The molecule has 0 amide bonds. The molecule has 1 aromatic heterocycles. The molecule has 0 bridgehead atoms. The van der Waals surface area contributed by atoms with Crippen molar-refractivity contribution < 1.29 is 8.81 Å². The molecule has 80 valence electrons. The largest absolute Gasteiger partial charge is 0.423 e. The highest BCUT2D eigenvalue weighted by molar-refractivity contribution is 5.74. The average molecular weight is 209 g/mol. The number of anilines is 1. The van der Waals surface area contributed by atoms with Crippen LogP contribution in [0.4, 0.5) is 10.4 Å². The molecule has 0 saturated carbocycles. The average Bonchev–Trinajstić information content (AvgIpc) is 2.60. The molecule has 0 atom stereocenters. The van der Waals surface area contributed by atoms with Crippen LogP contribution in [0.25, 0.3) is 11.1 Å². The number of benzene rings is 1. The molecule has 0 aliphatic carbocycles. The second-order valence-corrected chi connectivity index (χ2v) is 3.20. The molecule has 1 aromatic carbocycles. The topological polar surface area (TPSA) is 64.1 Å². The fourth-order valence-corrected chi connectivity index (χ4v) is 1.27. The molecule has 3 N–H and O–H groups in total. The van der Waals surface area contributed by atoms with E-state index in [1.807, 2.05) is 0 Å². The van der Waals surface area contributed by atoms with Crippen LogP contribution in [-0.4, -0.2) is 18.1 Å². The van der Waals surface area contributed by atoms with Gasteiger partial charge in [-0.25, -0.2) is 4.39 Å². The summed E-state index contributed by atoms with van der Waals surface area (Å²) in [6.07, 6.45) is 0.840. The van der Waals surface area contributed by atoms with Gasteiger partial charge in [0, 0.05) is 12.6 Å². The van der Waals surface area contributed by atoms with Crippen molar-refractivity contribution in [2.24, 2.45) is 5.73 Å². The molecule has 0 radical (unpaired) electrons. The van der Waals surface area contributed by atoms with Gasteiger partial charge in [-0.3, -0.25) is 0 Å². The van der Waals surface area contributed by atoms with E-state index in [0.717, 1.165) is 6.42 Å². The Bertz CT molecular complexity index is 455. The van der Waals surface area contributed by atoms with Crippen molar-refractivity contribution in [1.29, 1.82) is 0 Å². The fourth-order valence-electron chi connectivity index (χ4n) is 1.27. The zero-order valence-electron chi connectivity index (χ0n) is 8.16. The summed E-state index contributed by atoms with van der Waals surface area (Å²) in [5.74, 6) is -0.327. The van der Waals surface area contributed by atoms with Gasteiger partial charge in [0.25, 0.3) is 6.01 Å². The lowest BCUT2D eigenvalue weighted by Crippen LogP contribution is -2.08. The fraction of sp³-hybridized carbons (Fsp3) is 0.300. The summed E-state index contributed by atoms with van der Waals surface area (Å²) in [4.78, 5) is 4.14. The summed E-state index contributed by atoms with van der Waals surface area (Å²) in [6.45, 7) is 1.31. The van der Waals surface area contributed by atoms with E-state index < -0.39 is 0 Å². The molecular weight excluding hydrogens is 197 g/mol. The van der Waals surface area contributed by atoms with Crippen molar-refractivity contribution >= 4 is 17.1 Å². The number of nitrogens with one attached hydrogen (secondary N) is 1. The molecule has 0 fully saturated rings. The highest BCUT2D eigenvalue weighted by Crippen LogP contribution is 2.19. The molecular formula is C10H12FN3O. The molecule has 2 rings (SSSR count). The van der Waals surface area contributed by atoms with Crippen molar-refractivity contribution in [3.8, 4) is 0 Å². The van der Waals surface area contributed by atoms with Gasteiger partial charge in [-0.1, -0.05) is 0 Å². The molecule has 0 spiro atoms. The summed E-state index contributed by atoms with van der Waals surface area (Å²) < 4.78 is 18.1. The van der Waals surface area contributed by atoms with Crippen LogP contribution in [0.1, 0.15) is 6.42 Å². The Balaban J connectivity index is 2.16. The van der Waals surface area contributed by atoms with Crippen molar-refractivity contribution in [2.45, 2.75) is 6.42 Å². The van der Waals surface area contributed by atoms with Crippen LogP contribution in [0.2, 0.25) is 0 Å². The van der Waals surface area contributed by atoms with Gasteiger partial charge in [-0.05, 0) is 25.1 Å². The van der Waals surface area contributed by atoms with Crippen LogP contribution in [0.3, 0.4) is 0 Å². The van der Waals surface area contributed by atoms with Crippen LogP contribution >= 0.6 is 0 Å². The first-order valence-corrected chi connectivity index (χ1v) is 4.79. The maximum atomic E-state index is 12.8. The Morgan fingerprint density at radius 3 is 3.13 bits per heavy atom. The summed E-state index contributed by atoms with van der Waals surface area (Å²) in [6, 6.07) is 4.66. The summed E-state index contributed by atoms with van der Waals surface area (Å²) >= 11 is 0. The first kappa shape index (κ1) is 9.92. The van der Waals surface area contributed by atoms with Gasteiger partial charge < -0.3 is 15.5 Å². The van der Waals surface area contributed by atoms with E-state index in [2.05, 4.69) is 10.3 Å². The highest BCUT2D eigenvalue weighted by atomic mass is 19.1. The minimum Gasteiger partial charge on any atom is -0.423 e. The molecule has 2 aromatic rings. The van der Waals surface area contributed by atoms with Gasteiger partial charge in [-0.15, -0.1) is 0 Å². The van der Waals surface area contributed by atoms with E-state index in [1.165, 1.54) is 12.1 Å². The van der Waals surface area contributed by atoms with Crippen LogP contribution < -0.4 is 11.1 Å². The predicted molar refractivity (Wildman–Crippen MR) is 56.1 cm³/mol. The van der Waals surface area contributed by atoms with E-state index in [1.54, 1.807) is 6.07 Å². The maximum absolute atomic E-state index is 12.8. The number of fused-ring (bicyclic) bond motifs is 1. The Kier molecular flexibility index (Phi) is 2.82. The van der Waals surface area contributed by atoms with Gasteiger partial charge in [0.2, 0.25) is 0 Å².